The van der Waals surface area contributed by atoms with Gasteiger partial charge in [-0.2, -0.15) is 5.10 Å². The van der Waals surface area contributed by atoms with Gasteiger partial charge in [0.2, 0.25) is 5.91 Å². The van der Waals surface area contributed by atoms with Crippen LogP contribution < -0.4 is 5.32 Å². The second-order valence-electron chi connectivity index (χ2n) is 6.96. The number of rotatable bonds is 6. The fraction of sp³-hybridized carbons (Fsp3) is 0.227. The van der Waals surface area contributed by atoms with E-state index in [2.05, 4.69) is 20.5 Å². The molecule has 0 fully saturated rings. The first kappa shape index (κ1) is 18.0. The first-order chi connectivity index (χ1) is 13.6. The van der Waals surface area contributed by atoms with Crippen LogP contribution in [0.25, 0.3) is 11.0 Å². The Morgan fingerprint density at radius 2 is 1.82 bits per heavy atom. The van der Waals surface area contributed by atoms with E-state index in [0.29, 0.717) is 12.8 Å². The van der Waals surface area contributed by atoms with Crippen LogP contribution in [0, 0.1) is 13.8 Å². The number of nitrogens with one attached hydrogen (secondary N) is 3. The molecule has 0 aliphatic heterocycles. The third-order valence-electron chi connectivity index (χ3n) is 5.00. The molecule has 0 radical (unpaired) electrons. The highest BCUT2D eigenvalue weighted by molar-refractivity contribution is 5.78. The Balaban J connectivity index is 1.56. The Kier molecular flexibility index (Phi) is 4.93. The monoisotopic (exact) mass is 373 g/mol. The molecular formula is C22H23N5O. The molecule has 2 heterocycles. The minimum Gasteiger partial charge on any atom is -0.342 e. The molecule has 0 bridgehead atoms. The standard InChI is InChI=1S/C22H23N5O/c1-14-17(15(2)27-26-14)12-13-20(28)25-21(16-8-4-3-5-9-16)22-23-18-10-6-7-11-19(18)24-22/h3-11,21H,12-13H2,1-2H3,(H,23,24)(H,25,28)(H,26,27)/t21-/m1/s1. The van der Waals surface area contributed by atoms with Crippen molar-refractivity contribution in [3.8, 4) is 0 Å². The van der Waals surface area contributed by atoms with Crippen LogP contribution in [0.2, 0.25) is 0 Å². The predicted octanol–water partition coefficient (Wildman–Crippen LogP) is 3.74. The Morgan fingerprint density at radius 1 is 1.07 bits per heavy atom. The molecule has 28 heavy (non-hydrogen) atoms. The van der Waals surface area contributed by atoms with Crippen molar-refractivity contribution in [1.29, 1.82) is 0 Å². The van der Waals surface area contributed by atoms with Gasteiger partial charge < -0.3 is 10.3 Å². The SMILES string of the molecule is Cc1n[nH]c(C)c1CCC(=O)N[C@H](c1ccccc1)c1nc2ccccc2[nH]1. The molecule has 6 nitrogen and oxygen atoms in total. The van der Waals surface area contributed by atoms with E-state index in [1.165, 1.54) is 0 Å². The highest BCUT2D eigenvalue weighted by atomic mass is 16.1. The Bertz CT molecular complexity index is 1040. The highest BCUT2D eigenvalue weighted by Gasteiger charge is 2.20. The largest absolute Gasteiger partial charge is 0.342 e. The summed E-state index contributed by atoms with van der Waals surface area (Å²) >= 11 is 0. The van der Waals surface area contributed by atoms with Crippen LogP contribution in [-0.2, 0) is 11.2 Å². The number of para-hydroxylation sites is 2. The van der Waals surface area contributed by atoms with Crippen molar-refractivity contribution in [2.75, 3.05) is 0 Å². The van der Waals surface area contributed by atoms with Gasteiger partial charge in [0, 0.05) is 12.1 Å². The van der Waals surface area contributed by atoms with Crippen LogP contribution in [0.5, 0.6) is 0 Å². The normalized spacial score (nSPS) is 12.2. The molecule has 2 aromatic heterocycles. The molecule has 2 aromatic carbocycles. The first-order valence-corrected chi connectivity index (χ1v) is 9.41. The lowest BCUT2D eigenvalue weighted by molar-refractivity contribution is -0.121. The summed E-state index contributed by atoms with van der Waals surface area (Å²) in [6, 6.07) is 17.5. The lowest BCUT2D eigenvalue weighted by atomic mass is 10.0. The molecule has 0 aliphatic rings. The Labute approximate surface area is 163 Å². The zero-order valence-corrected chi connectivity index (χ0v) is 16.0. The predicted molar refractivity (Wildman–Crippen MR) is 109 cm³/mol. The number of hydrogen-bond donors (Lipinski definition) is 3. The van der Waals surface area contributed by atoms with Gasteiger partial charge in [-0.1, -0.05) is 42.5 Å². The fourth-order valence-electron chi connectivity index (χ4n) is 3.48. The van der Waals surface area contributed by atoms with E-state index in [-0.39, 0.29) is 11.9 Å². The molecule has 1 atom stereocenters. The maximum Gasteiger partial charge on any atom is 0.221 e. The summed E-state index contributed by atoms with van der Waals surface area (Å²) < 4.78 is 0. The number of aromatic amines is 2. The maximum atomic E-state index is 12.7. The average molecular weight is 373 g/mol. The summed E-state index contributed by atoms with van der Waals surface area (Å²) in [7, 11) is 0. The molecule has 4 aromatic rings. The summed E-state index contributed by atoms with van der Waals surface area (Å²) in [5.41, 5.74) is 5.90. The number of carbonyl (C=O) groups excluding carboxylic acids is 1. The van der Waals surface area contributed by atoms with Crippen molar-refractivity contribution < 1.29 is 4.79 Å². The van der Waals surface area contributed by atoms with Crippen molar-refractivity contribution in [3.63, 3.8) is 0 Å². The molecule has 0 spiro atoms. The molecule has 0 aliphatic carbocycles. The summed E-state index contributed by atoms with van der Waals surface area (Å²) in [5, 5.41) is 10.3. The second kappa shape index (κ2) is 7.68. The number of carbonyl (C=O) groups is 1. The maximum absolute atomic E-state index is 12.7. The van der Waals surface area contributed by atoms with E-state index in [9.17, 15) is 4.79 Å². The Hall–Kier alpha value is -3.41. The number of fused-ring (bicyclic) bond motifs is 1. The lowest BCUT2D eigenvalue weighted by Crippen LogP contribution is -2.30. The highest BCUT2D eigenvalue weighted by Crippen LogP contribution is 2.23. The average Bonchev–Trinajstić information content (AvgIpc) is 3.28. The zero-order chi connectivity index (χ0) is 19.5. The smallest absolute Gasteiger partial charge is 0.221 e. The van der Waals surface area contributed by atoms with E-state index < -0.39 is 0 Å². The van der Waals surface area contributed by atoms with Crippen molar-refractivity contribution in [1.82, 2.24) is 25.5 Å². The van der Waals surface area contributed by atoms with E-state index in [0.717, 1.165) is 39.4 Å². The summed E-state index contributed by atoms with van der Waals surface area (Å²) in [6.07, 6.45) is 1.05. The number of imidazole rings is 1. The van der Waals surface area contributed by atoms with Crippen molar-refractivity contribution >= 4 is 16.9 Å². The summed E-state index contributed by atoms with van der Waals surface area (Å²) in [5.74, 6) is 0.714. The van der Waals surface area contributed by atoms with Gasteiger partial charge in [-0.15, -0.1) is 0 Å². The van der Waals surface area contributed by atoms with Crippen LogP contribution in [0.15, 0.2) is 54.6 Å². The van der Waals surface area contributed by atoms with Crippen molar-refractivity contribution in [3.05, 3.63) is 82.9 Å². The number of amides is 1. The van der Waals surface area contributed by atoms with Gasteiger partial charge in [0.25, 0.3) is 0 Å². The van der Waals surface area contributed by atoms with E-state index in [4.69, 9.17) is 4.98 Å². The number of H-pyrrole nitrogens is 2. The second-order valence-corrected chi connectivity index (χ2v) is 6.96. The third-order valence-corrected chi connectivity index (χ3v) is 5.00. The fourth-order valence-corrected chi connectivity index (χ4v) is 3.48. The third kappa shape index (κ3) is 3.67. The molecule has 142 valence electrons. The van der Waals surface area contributed by atoms with Gasteiger partial charge in [0.05, 0.1) is 16.7 Å². The number of aromatic nitrogens is 4. The van der Waals surface area contributed by atoms with Gasteiger partial charge >= 0.3 is 0 Å². The minimum atomic E-state index is -0.326. The number of hydrogen-bond acceptors (Lipinski definition) is 3. The van der Waals surface area contributed by atoms with Gasteiger partial charge in [-0.05, 0) is 43.5 Å². The quantitative estimate of drug-likeness (QED) is 0.481. The van der Waals surface area contributed by atoms with Gasteiger partial charge in [-0.3, -0.25) is 9.89 Å². The van der Waals surface area contributed by atoms with Gasteiger partial charge in [-0.25, -0.2) is 4.98 Å². The first-order valence-electron chi connectivity index (χ1n) is 9.41. The van der Waals surface area contributed by atoms with Crippen LogP contribution in [0.1, 0.15) is 40.8 Å². The van der Waals surface area contributed by atoms with Crippen LogP contribution in [-0.4, -0.2) is 26.1 Å². The molecule has 1 amide bonds. The topological polar surface area (TPSA) is 86.5 Å². The van der Waals surface area contributed by atoms with Crippen LogP contribution in [0.4, 0.5) is 0 Å². The molecule has 0 saturated heterocycles. The van der Waals surface area contributed by atoms with E-state index in [1.54, 1.807) is 0 Å². The zero-order valence-electron chi connectivity index (χ0n) is 16.0. The number of aryl methyl sites for hydroxylation is 2. The van der Waals surface area contributed by atoms with Crippen LogP contribution in [0.3, 0.4) is 0 Å². The number of nitrogens with zero attached hydrogens (tertiary/aromatic N) is 2. The van der Waals surface area contributed by atoms with E-state index >= 15 is 0 Å². The molecule has 3 N–H and O–H groups in total. The van der Waals surface area contributed by atoms with E-state index in [1.807, 2.05) is 68.4 Å². The molecule has 0 unspecified atom stereocenters. The van der Waals surface area contributed by atoms with Gasteiger partial charge in [0.15, 0.2) is 0 Å². The van der Waals surface area contributed by atoms with Crippen molar-refractivity contribution in [2.45, 2.75) is 32.7 Å². The molecule has 4 rings (SSSR count). The van der Waals surface area contributed by atoms with Crippen LogP contribution >= 0.6 is 0 Å². The lowest BCUT2D eigenvalue weighted by Gasteiger charge is -2.17. The molecule has 6 heteroatoms. The molecule has 0 saturated carbocycles. The molecular weight excluding hydrogens is 350 g/mol. The van der Waals surface area contributed by atoms with Crippen molar-refractivity contribution in [2.24, 2.45) is 0 Å². The summed E-state index contributed by atoms with van der Waals surface area (Å²) in [6.45, 7) is 3.94. The summed E-state index contributed by atoms with van der Waals surface area (Å²) in [4.78, 5) is 20.8. The number of benzene rings is 2. The van der Waals surface area contributed by atoms with Gasteiger partial charge in [0.1, 0.15) is 11.9 Å². The Morgan fingerprint density at radius 3 is 2.54 bits per heavy atom. The minimum absolute atomic E-state index is 0.0192.